The summed E-state index contributed by atoms with van der Waals surface area (Å²) < 4.78 is 0. The van der Waals surface area contributed by atoms with E-state index >= 15 is 0 Å². The van der Waals surface area contributed by atoms with Gasteiger partial charge in [0.15, 0.2) is 0 Å². The third-order valence-electron chi connectivity index (χ3n) is 5.88. The first-order valence-corrected chi connectivity index (χ1v) is 9.82. The number of rotatable bonds is 1. The molecule has 0 amide bonds. The van der Waals surface area contributed by atoms with Gasteiger partial charge in [-0.25, -0.2) is 0 Å². The van der Waals surface area contributed by atoms with E-state index < -0.39 is 0 Å². The summed E-state index contributed by atoms with van der Waals surface area (Å²) in [4.78, 5) is 0. The highest BCUT2D eigenvalue weighted by atomic mass is 14.4. The van der Waals surface area contributed by atoms with Gasteiger partial charge in [0, 0.05) is 5.92 Å². The Bertz CT molecular complexity index is 860. The van der Waals surface area contributed by atoms with E-state index in [0.717, 1.165) is 6.42 Å². The lowest BCUT2D eigenvalue weighted by Gasteiger charge is -2.23. The molecular formula is C26H30. The first-order chi connectivity index (χ1) is 12.2. The lowest BCUT2D eigenvalue weighted by atomic mass is 9.81. The molecule has 2 aliphatic rings. The normalized spacial score (nSPS) is 16.6. The molecular weight excluding hydrogens is 312 g/mol. The lowest BCUT2D eigenvalue weighted by Crippen LogP contribution is -2.12. The minimum atomic E-state index is 0.171. The molecule has 0 spiro atoms. The Morgan fingerprint density at radius 3 is 1.62 bits per heavy atom. The molecule has 26 heavy (non-hydrogen) atoms. The minimum absolute atomic E-state index is 0.171. The van der Waals surface area contributed by atoms with Crippen LogP contribution in [0.1, 0.15) is 76.1 Å². The molecule has 0 unspecified atom stereocenters. The van der Waals surface area contributed by atoms with Crippen molar-refractivity contribution < 1.29 is 0 Å². The Balaban J connectivity index is 1.94. The second-order valence-electron chi connectivity index (χ2n) is 9.88. The van der Waals surface area contributed by atoms with Gasteiger partial charge >= 0.3 is 0 Å². The van der Waals surface area contributed by atoms with Crippen LogP contribution < -0.4 is 0 Å². The second kappa shape index (κ2) is 5.71. The van der Waals surface area contributed by atoms with Gasteiger partial charge in [-0.3, -0.25) is 0 Å². The van der Waals surface area contributed by atoms with Crippen molar-refractivity contribution in [2.75, 3.05) is 0 Å². The Morgan fingerprint density at radius 2 is 1.23 bits per heavy atom. The van der Waals surface area contributed by atoms with Crippen LogP contribution in [0.5, 0.6) is 0 Å². The molecule has 0 saturated heterocycles. The molecule has 0 N–H and O–H groups in total. The summed E-state index contributed by atoms with van der Waals surface area (Å²) in [6.45, 7) is 13.8. The van der Waals surface area contributed by atoms with Crippen molar-refractivity contribution in [1.82, 2.24) is 0 Å². The van der Waals surface area contributed by atoms with E-state index in [1.54, 1.807) is 0 Å². The van der Waals surface area contributed by atoms with Crippen molar-refractivity contribution in [3.05, 3.63) is 82.5 Å². The molecule has 0 aliphatic heterocycles. The van der Waals surface area contributed by atoms with E-state index in [1.165, 1.54) is 39.0 Å². The predicted octanol–water partition coefficient (Wildman–Crippen LogP) is 7.28. The van der Waals surface area contributed by atoms with Gasteiger partial charge in [-0.2, -0.15) is 0 Å². The molecule has 134 valence electrons. The highest BCUT2D eigenvalue weighted by Crippen LogP contribution is 2.51. The maximum atomic E-state index is 2.46. The monoisotopic (exact) mass is 342 g/mol. The molecule has 0 saturated carbocycles. The van der Waals surface area contributed by atoms with Crippen LogP contribution in [0.2, 0.25) is 0 Å². The first kappa shape index (κ1) is 17.3. The standard InChI is InChI=1S/C26H30/c1-25(2,3)18-11-13-20-21-14-12-19(26(4,5)6)16-23(21)24(22(20)15-18)17-9-7-8-10-17/h7,9-16,24H,8H2,1-6H3. The number of hydrogen-bond acceptors (Lipinski definition) is 0. The maximum Gasteiger partial charge on any atom is 0.0349 e. The van der Waals surface area contributed by atoms with Crippen LogP contribution in [0.15, 0.2) is 60.2 Å². The average Bonchev–Trinajstić information content (AvgIpc) is 3.17. The van der Waals surface area contributed by atoms with Gasteiger partial charge in [-0.05, 0) is 56.2 Å². The number of fused-ring (bicyclic) bond motifs is 3. The molecule has 2 aromatic carbocycles. The van der Waals surface area contributed by atoms with Gasteiger partial charge < -0.3 is 0 Å². The van der Waals surface area contributed by atoms with Crippen molar-refractivity contribution in [2.45, 2.75) is 64.7 Å². The summed E-state index contributed by atoms with van der Waals surface area (Å²) in [6, 6.07) is 14.3. The Kier molecular flexibility index (Phi) is 3.81. The molecule has 0 nitrogen and oxygen atoms in total. The fraction of sp³-hybridized carbons (Fsp3) is 0.385. The van der Waals surface area contributed by atoms with E-state index in [0.29, 0.717) is 5.92 Å². The van der Waals surface area contributed by atoms with Gasteiger partial charge in [0.05, 0.1) is 0 Å². The quantitative estimate of drug-likeness (QED) is 0.511. The molecule has 0 aromatic heterocycles. The molecule has 0 fully saturated rings. The van der Waals surface area contributed by atoms with Gasteiger partial charge in [-0.1, -0.05) is 96.2 Å². The molecule has 4 rings (SSSR count). The van der Waals surface area contributed by atoms with E-state index in [4.69, 9.17) is 0 Å². The fourth-order valence-corrected chi connectivity index (χ4v) is 4.24. The van der Waals surface area contributed by atoms with Crippen molar-refractivity contribution >= 4 is 0 Å². The molecule has 2 aliphatic carbocycles. The predicted molar refractivity (Wildman–Crippen MR) is 113 cm³/mol. The van der Waals surface area contributed by atoms with Crippen LogP contribution in [0, 0.1) is 0 Å². The van der Waals surface area contributed by atoms with Crippen LogP contribution in [0.3, 0.4) is 0 Å². The van der Waals surface area contributed by atoms with Crippen molar-refractivity contribution in [3.63, 3.8) is 0 Å². The van der Waals surface area contributed by atoms with Crippen LogP contribution >= 0.6 is 0 Å². The van der Waals surface area contributed by atoms with Gasteiger partial charge in [0.25, 0.3) is 0 Å². The third-order valence-corrected chi connectivity index (χ3v) is 5.88. The molecule has 0 heteroatoms. The Labute approximate surface area is 158 Å². The summed E-state index contributed by atoms with van der Waals surface area (Å²) in [5.41, 5.74) is 10.4. The van der Waals surface area contributed by atoms with E-state index in [1.807, 2.05) is 0 Å². The maximum absolute atomic E-state index is 2.46. The minimum Gasteiger partial charge on any atom is -0.0804 e. The summed E-state index contributed by atoms with van der Waals surface area (Å²) in [5.74, 6) is 0.378. The van der Waals surface area contributed by atoms with Gasteiger partial charge in [0.2, 0.25) is 0 Å². The number of hydrogen-bond donors (Lipinski definition) is 0. The zero-order valence-corrected chi connectivity index (χ0v) is 17.0. The van der Waals surface area contributed by atoms with E-state index in [-0.39, 0.29) is 10.8 Å². The molecule has 0 bridgehead atoms. The number of benzene rings is 2. The van der Waals surface area contributed by atoms with Crippen molar-refractivity contribution in [3.8, 4) is 11.1 Å². The molecule has 2 aromatic rings. The van der Waals surface area contributed by atoms with E-state index in [9.17, 15) is 0 Å². The zero-order chi connectivity index (χ0) is 18.7. The first-order valence-electron chi connectivity index (χ1n) is 9.82. The Hall–Kier alpha value is -2.08. The smallest absolute Gasteiger partial charge is 0.0349 e. The lowest BCUT2D eigenvalue weighted by molar-refractivity contribution is 0.589. The summed E-state index contributed by atoms with van der Waals surface area (Å²) >= 11 is 0. The summed E-state index contributed by atoms with van der Waals surface area (Å²) in [5, 5.41) is 0. The third kappa shape index (κ3) is 2.76. The van der Waals surface area contributed by atoms with Crippen molar-refractivity contribution in [1.29, 1.82) is 0 Å². The zero-order valence-electron chi connectivity index (χ0n) is 17.0. The largest absolute Gasteiger partial charge is 0.0804 e. The van der Waals surface area contributed by atoms with Gasteiger partial charge in [0.1, 0.15) is 0 Å². The summed E-state index contributed by atoms with van der Waals surface area (Å²) in [6.07, 6.45) is 8.08. The summed E-state index contributed by atoms with van der Waals surface area (Å²) in [7, 11) is 0. The average molecular weight is 343 g/mol. The second-order valence-corrected chi connectivity index (χ2v) is 9.88. The van der Waals surface area contributed by atoms with Crippen LogP contribution in [-0.4, -0.2) is 0 Å². The Morgan fingerprint density at radius 1 is 0.731 bits per heavy atom. The fourth-order valence-electron chi connectivity index (χ4n) is 4.24. The van der Waals surface area contributed by atoms with Crippen molar-refractivity contribution in [2.24, 2.45) is 0 Å². The molecule has 0 heterocycles. The highest BCUT2D eigenvalue weighted by molar-refractivity contribution is 5.82. The van der Waals surface area contributed by atoms with Crippen LogP contribution in [-0.2, 0) is 10.8 Å². The van der Waals surface area contributed by atoms with E-state index in [2.05, 4.69) is 96.2 Å². The SMILES string of the molecule is CC(C)(C)c1ccc2c(c1)C(C1=CCC=C1)c1cc(C(C)(C)C)ccc1-2. The highest BCUT2D eigenvalue weighted by Gasteiger charge is 2.33. The number of allylic oxidation sites excluding steroid dienone is 4. The molecule has 0 radical (unpaired) electrons. The van der Waals surface area contributed by atoms with Crippen LogP contribution in [0.25, 0.3) is 11.1 Å². The molecule has 0 atom stereocenters. The van der Waals surface area contributed by atoms with Gasteiger partial charge in [-0.15, -0.1) is 0 Å². The van der Waals surface area contributed by atoms with Crippen LogP contribution in [0.4, 0.5) is 0 Å². The topological polar surface area (TPSA) is 0 Å².